The molecule has 4 atom stereocenters. The van der Waals surface area contributed by atoms with Crippen LogP contribution in [0.4, 0.5) is 13.2 Å². The van der Waals surface area contributed by atoms with E-state index in [1.807, 2.05) is 12.1 Å². The maximum absolute atomic E-state index is 14.7. The highest BCUT2D eigenvalue weighted by Gasteiger charge is 2.35. The predicted molar refractivity (Wildman–Crippen MR) is 119 cm³/mol. The molecule has 0 bridgehead atoms. The first-order chi connectivity index (χ1) is 15.0. The summed E-state index contributed by atoms with van der Waals surface area (Å²) in [5.41, 5.74) is 1.66. The lowest BCUT2D eigenvalue weighted by molar-refractivity contribution is 0.115. The van der Waals surface area contributed by atoms with Gasteiger partial charge in [0.1, 0.15) is 5.82 Å². The number of benzene rings is 2. The molecule has 2 fully saturated rings. The Labute approximate surface area is 183 Å². The van der Waals surface area contributed by atoms with Crippen LogP contribution in [-0.4, -0.2) is 0 Å². The molecular formula is C28H29F3. The normalized spacial score (nSPS) is 25.3. The van der Waals surface area contributed by atoms with Crippen LogP contribution in [0, 0.1) is 47.0 Å². The minimum atomic E-state index is -0.951. The first kappa shape index (κ1) is 21.8. The first-order valence-electron chi connectivity index (χ1n) is 11.4. The largest absolute Gasteiger partial charge is 0.206 e. The van der Waals surface area contributed by atoms with Crippen molar-refractivity contribution in [3.63, 3.8) is 0 Å². The van der Waals surface area contributed by atoms with E-state index in [-0.39, 0.29) is 11.4 Å². The van der Waals surface area contributed by atoms with Crippen LogP contribution in [0.5, 0.6) is 0 Å². The third kappa shape index (κ3) is 5.24. The first-order valence-corrected chi connectivity index (χ1v) is 11.4. The van der Waals surface area contributed by atoms with Crippen molar-refractivity contribution in [2.75, 3.05) is 0 Å². The van der Waals surface area contributed by atoms with Gasteiger partial charge in [0.15, 0.2) is 11.6 Å². The molecule has 2 aromatic rings. The van der Waals surface area contributed by atoms with Gasteiger partial charge in [-0.2, -0.15) is 0 Å². The van der Waals surface area contributed by atoms with E-state index >= 15 is 0 Å². The summed E-state index contributed by atoms with van der Waals surface area (Å²) in [4.78, 5) is 0. The lowest BCUT2D eigenvalue weighted by Crippen LogP contribution is -2.30. The van der Waals surface area contributed by atoms with Crippen LogP contribution in [0.25, 0.3) is 0 Å². The third-order valence-corrected chi connectivity index (χ3v) is 7.23. The Kier molecular flexibility index (Phi) is 6.86. The number of halogens is 3. The van der Waals surface area contributed by atoms with Crippen molar-refractivity contribution in [1.29, 1.82) is 0 Å². The van der Waals surface area contributed by atoms with E-state index in [1.54, 1.807) is 12.1 Å². The Morgan fingerprint density at radius 3 is 2.42 bits per heavy atom. The van der Waals surface area contributed by atoms with Gasteiger partial charge in [0.25, 0.3) is 0 Å². The second kappa shape index (κ2) is 9.77. The highest BCUT2D eigenvalue weighted by Crippen LogP contribution is 2.48. The summed E-state index contributed by atoms with van der Waals surface area (Å²) in [5, 5.41) is 0. The number of rotatable bonds is 4. The summed E-state index contributed by atoms with van der Waals surface area (Å²) < 4.78 is 41.1. The second-order valence-electron chi connectivity index (χ2n) is 9.19. The van der Waals surface area contributed by atoms with E-state index in [0.717, 1.165) is 54.7 Å². The van der Waals surface area contributed by atoms with Gasteiger partial charge in [-0.25, -0.2) is 13.2 Å². The monoisotopic (exact) mass is 422 g/mol. The molecular weight excluding hydrogens is 393 g/mol. The fraction of sp³-hybridized carbons (Fsp3) is 0.429. The van der Waals surface area contributed by atoms with E-state index in [2.05, 4.69) is 18.4 Å². The second-order valence-corrected chi connectivity index (χ2v) is 9.19. The molecule has 0 nitrogen and oxygen atoms in total. The number of hydrogen-bond donors (Lipinski definition) is 0. The van der Waals surface area contributed by atoms with Crippen molar-refractivity contribution in [3.8, 4) is 11.8 Å². The summed E-state index contributed by atoms with van der Waals surface area (Å²) in [6.45, 7) is 3.85. The standard InChI is InChI=1S/C28H29F3/c1-2-3-4-19-6-9-23-17-24(13-12-22(23)15-19)25-11-10-21(27(30)18-25)8-5-20-7-14-26(29)28(31)16-20/h2,7,10-11,14,16,18-19,22-24H,1,3-4,6,9,12-13,15,17H2. The molecule has 31 heavy (non-hydrogen) atoms. The summed E-state index contributed by atoms with van der Waals surface area (Å²) in [6.07, 6.45) is 11.9. The predicted octanol–water partition coefficient (Wildman–Crippen LogP) is 7.77. The van der Waals surface area contributed by atoms with Crippen LogP contribution >= 0.6 is 0 Å². The Hall–Kier alpha value is -2.47. The highest BCUT2D eigenvalue weighted by molar-refractivity contribution is 5.44. The quantitative estimate of drug-likeness (QED) is 0.349. The van der Waals surface area contributed by atoms with Crippen molar-refractivity contribution in [3.05, 3.63) is 83.2 Å². The fourth-order valence-electron chi connectivity index (χ4n) is 5.50. The van der Waals surface area contributed by atoms with Gasteiger partial charge in [0.2, 0.25) is 0 Å². The van der Waals surface area contributed by atoms with E-state index in [0.29, 0.717) is 11.5 Å². The summed E-state index contributed by atoms with van der Waals surface area (Å²) in [6, 6.07) is 8.77. The van der Waals surface area contributed by atoms with Crippen molar-refractivity contribution < 1.29 is 13.2 Å². The van der Waals surface area contributed by atoms with Crippen molar-refractivity contribution in [2.24, 2.45) is 17.8 Å². The molecule has 0 spiro atoms. The van der Waals surface area contributed by atoms with Gasteiger partial charge in [0.05, 0.1) is 5.56 Å². The summed E-state index contributed by atoms with van der Waals surface area (Å²) in [5.74, 6) is 6.10. The Bertz CT molecular complexity index is 997. The fourth-order valence-corrected chi connectivity index (χ4v) is 5.50. The number of allylic oxidation sites excluding steroid dienone is 1. The maximum Gasteiger partial charge on any atom is 0.160 e. The molecule has 2 aromatic carbocycles. The SMILES string of the molecule is C=CCCC1CCC2CC(c3ccc(C#Cc4ccc(F)c(F)c4)c(F)c3)CCC2C1. The molecule has 0 saturated heterocycles. The van der Waals surface area contributed by atoms with Crippen LogP contribution in [0.3, 0.4) is 0 Å². The Morgan fingerprint density at radius 2 is 1.65 bits per heavy atom. The number of fused-ring (bicyclic) bond motifs is 1. The van der Waals surface area contributed by atoms with Crippen LogP contribution in [-0.2, 0) is 0 Å². The molecule has 4 unspecified atom stereocenters. The molecule has 2 aliphatic carbocycles. The van der Waals surface area contributed by atoms with E-state index in [1.165, 1.54) is 38.2 Å². The molecule has 0 N–H and O–H groups in total. The van der Waals surface area contributed by atoms with Crippen molar-refractivity contribution >= 4 is 0 Å². The molecule has 2 saturated carbocycles. The van der Waals surface area contributed by atoms with Gasteiger partial charge in [-0.05, 0) is 105 Å². The zero-order chi connectivity index (χ0) is 21.8. The Balaban J connectivity index is 1.41. The molecule has 0 radical (unpaired) electrons. The van der Waals surface area contributed by atoms with Gasteiger partial charge >= 0.3 is 0 Å². The minimum absolute atomic E-state index is 0.282. The summed E-state index contributed by atoms with van der Waals surface area (Å²) in [7, 11) is 0. The molecule has 0 heterocycles. The smallest absolute Gasteiger partial charge is 0.160 e. The van der Waals surface area contributed by atoms with E-state index in [9.17, 15) is 13.2 Å². The summed E-state index contributed by atoms with van der Waals surface area (Å²) >= 11 is 0. The van der Waals surface area contributed by atoms with Gasteiger partial charge in [-0.15, -0.1) is 6.58 Å². The van der Waals surface area contributed by atoms with Gasteiger partial charge < -0.3 is 0 Å². The minimum Gasteiger partial charge on any atom is -0.206 e. The topological polar surface area (TPSA) is 0 Å². The van der Waals surface area contributed by atoms with Crippen LogP contribution in [0.15, 0.2) is 49.1 Å². The van der Waals surface area contributed by atoms with Gasteiger partial charge in [0, 0.05) is 5.56 Å². The Morgan fingerprint density at radius 1 is 0.839 bits per heavy atom. The van der Waals surface area contributed by atoms with Crippen molar-refractivity contribution in [1.82, 2.24) is 0 Å². The lowest BCUT2D eigenvalue weighted by atomic mass is 9.63. The molecule has 162 valence electrons. The van der Waals surface area contributed by atoms with Gasteiger partial charge in [-0.3, -0.25) is 0 Å². The average molecular weight is 423 g/mol. The van der Waals surface area contributed by atoms with Crippen LogP contribution < -0.4 is 0 Å². The molecule has 3 heteroatoms. The van der Waals surface area contributed by atoms with Gasteiger partial charge in [-0.1, -0.05) is 30.4 Å². The van der Waals surface area contributed by atoms with Crippen LogP contribution in [0.2, 0.25) is 0 Å². The molecule has 0 amide bonds. The lowest BCUT2D eigenvalue weighted by Gasteiger charge is -2.42. The zero-order valence-electron chi connectivity index (χ0n) is 17.8. The van der Waals surface area contributed by atoms with Crippen molar-refractivity contribution in [2.45, 2.75) is 57.3 Å². The maximum atomic E-state index is 14.7. The van der Waals surface area contributed by atoms with E-state index < -0.39 is 11.6 Å². The molecule has 4 rings (SSSR count). The average Bonchev–Trinajstić information content (AvgIpc) is 2.78. The molecule has 0 aromatic heterocycles. The highest BCUT2D eigenvalue weighted by atomic mass is 19.2. The molecule has 2 aliphatic rings. The number of hydrogen-bond acceptors (Lipinski definition) is 0. The zero-order valence-corrected chi connectivity index (χ0v) is 17.8. The third-order valence-electron chi connectivity index (χ3n) is 7.23. The molecule has 0 aliphatic heterocycles. The van der Waals surface area contributed by atoms with E-state index in [4.69, 9.17) is 0 Å². The van der Waals surface area contributed by atoms with Crippen LogP contribution in [0.1, 0.15) is 74.0 Å².